The molecule has 2 fully saturated rings. The smallest absolute Gasteiger partial charge is 0.341 e. The van der Waals surface area contributed by atoms with Crippen LogP contribution in [-0.2, 0) is 4.79 Å². The molecular weight excluding hydrogens is 521 g/mol. The molecule has 0 unspecified atom stereocenters. The minimum absolute atomic E-state index is 0.205. The molecule has 0 radical (unpaired) electrons. The van der Waals surface area contributed by atoms with Crippen molar-refractivity contribution < 1.29 is 23.4 Å². The quantitative estimate of drug-likeness (QED) is 0.329. The number of hydrogen-bond donors (Lipinski definition) is 2. The Morgan fingerprint density at radius 1 is 1.12 bits per heavy atom. The zero-order chi connectivity index (χ0) is 27.6. The van der Waals surface area contributed by atoms with Gasteiger partial charge in [-0.25, -0.2) is 9.18 Å². The van der Waals surface area contributed by atoms with Crippen molar-refractivity contribution in [3.63, 3.8) is 0 Å². The summed E-state index contributed by atoms with van der Waals surface area (Å²) in [7, 11) is 0. The van der Waals surface area contributed by atoms with Crippen LogP contribution in [0.3, 0.4) is 0 Å². The molecule has 0 saturated carbocycles. The van der Waals surface area contributed by atoms with E-state index in [1.165, 1.54) is 10.6 Å². The highest BCUT2D eigenvalue weighted by Gasteiger charge is 2.27. The van der Waals surface area contributed by atoms with E-state index < -0.39 is 18.4 Å². The number of fused-ring (bicyclic) bond motifs is 1. The van der Waals surface area contributed by atoms with Crippen molar-refractivity contribution in [2.24, 2.45) is 5.92 Å². The Bertz CT molecular complexity index is 1490. The first-order valence-electron chi connectivity index (χ1n) is 13.2. The fraction of sp³-hybridized carbons (Fsp3) is 0.423. The van der Waals surface area contributed by atoms with Crippen LogP contribution in [0.5, 0.6) is 5.75 Å². The number of nitrogens with zero attached hydrogens (tertiary/aromatic N) is 8. The van der Waals surface area contributed by atoms with Crippen LogP contribution in [0.4, 0.5) is 22.0 Å². The van der Waals surface area contributed by atoms with Gasteiger partial charge in [-0.15, -0.1) is 5.10 Å². The lowest BCUT2D eigenvalue weighted by Gasteiger charge is -2.40. The van der Waals surface area contributed by atoms with Crippen molar-refractivity contribution in [2.75, 3.05) is 68.0 Å². The van der Waals surface area contributed by atoms with E-state index in [4.69, 9.17) is 20.0 Å². The Labute approximate surface area is 229 Å². The Kier molecular flexibility index (Phi) is 7.07. The number of aromatic nitrogens is 5. The average Bonchev–Trinajstić information content (AvgIpc) is 3.63. The van der Waals surface area contributed by atoms with Gasteiger partial charge in [-0.1, -0.05) is 0 Å². The van der Waals surface area contributed by atoms with Gasteiger partial charge in [0.1, 0.15) is 11.6 Å². The number of hydrogen-bond acceptors (Lipinski definition) is 11. The maximum absolute atomic E-state index is 14.7. The number of furan rings is 1. The normalized spacial score (nSPS) is 18.4. The third kappa shape index (κ3) is 5.47. The molecule has 4 aromatic rings. The first-order chi connectivity index (χ1) is 19.4. The van der Waals surface area contributed by atoms with Crippen LogP contribution in [0.15, 0.2) is 41.0 Å². The van der Waals surface area contributed by atoms with E-state index in [2.05, 4.69) is 29.9 Å². The molecule has 1 aromatic carbocycles. The van der Waals surface area contributed by atoms with Crippen molar-refractivity contribution in [2.45, 2.75) is 12.8 Å². The number of ether oxygens (including phenoxy) is 1. The second-order valence-electron chi connectivity index (χ2n) is 10.0. The number of carbonyl (C=O) groups is 1. The molecule has 3 aromatic heterocycles. The maximum Gasteiger partial charge on any atom is 0.341 e. The zero-order valence-corrected chi connectivity index (χ0v) is 21.8. The lowest BCUT2D eigenvalue weighted by Crippen LogP contribution is -2.50. The summed E-state index contributed by atoms with van der Waals surface area (Å²) in [5.74, 6) is 1.20. The molecule has 1 atom stereocenters. The van der Waals surface area contributed by atoms with E-state index in [1.807, 2.05) is 4.90 Å². The SMILES string of the molecule is Nc1nc(N2CCC[C@@H](CN3CCN(c4ccc(OCC(=O)O)cc4F)CC3)C2)nc2nc(-c3ccco3)nn12. The van der Waals surface area contributed by atoms with Crippen LogP contribution in [0.2, 0.25) is 0 Å². The summed E-state index contributed by atoms with van der Waals surface area (Å²) in [6.07, 6.45) is 3.69. The van der Waals surface area contributed by atoms with Gasteiger partial charge in [0.25, 0.3) is 5.78 Å². The third-order valence-electron chi connectivity index (χ3n) is 7.28. The van der Waals surface area contributed by atoms with Gasteiger partial charge in [0.2, 0.25) is 17.7 Å². The monoisotopic (exact) mass is 551 g/mol. The van der Waals surface area contributed by atoms with E-state index in [-0.39, 0.29) is 11.7 Å². The number of aliphatic carboxylic acids is 1. The van der Waals surface area contributed by atoms with Crippen molar-refractivity contribution in [1.29, 1.82) is 0 Å². The third-order valence-corrected chi connectivity index (χ3v) is 7.28. The Morgan fingerprint density at radius 3 is 2.73 bits per heavy atom. The molecule has 14 heteroatoms. The second kappa shape index (κ2) is 11.0. The molecule has 0 bridgehead atoms. The number of halogens is 1. The van der Waals surface area contributed by atoms with Gasteiger partial charge in [-0.3, -0.25) is 4.90 Å². The number of nitrogen functional groups attached to an aromatic ring is 1. The van der Waals surface area contributed by atoms with E-state index in [0.29, 0.717) is 48.0 Å². The summed E-state index contributed by atoms with van der Waals surface area (Å²) >= 11 is 0. The number of carboxylic acids is 1. The summed E-state index contributed by atoms with van der Waals surface area (Å²) < 4.78 is 26.6. The first kappa shape index (κ1) is 25.8. The van der Waals surface area contributed by atoms with Crippen molar-refractivity contribution in [3.05, 3.63) is 42.4 Å². The minimum Gasteiger partial charge on any atom is -0.482 e. The summed E-state index contributed by atoms with van der Waals surface area (Å²) in [5, 5.41) is 13.1. The number of anilines is 3. The van der Waals surface area contributed by atoms with Gasteiger partial charge in [-0.2, -0.15) is 19.5 Å². The van der Waals surface area contributed by atoms with Crippen molar-refractivity contribution in [1.82, 2.24) is 29.5 Å². The summed E-state index contributed by atoms with van der Waals surface area (Å²) in [5.41, 5.74) is 6.70. The number of piperazine rings is 1. The van der Waals surface area contributed by atoms with Crippen LogP contribution in [0.1, 0.15) is 12.8 Å². The average molecular weight is 552 g/mol. The fourth-order valence-corrected chi connectivity index (χ4v) is 5.36. The highest BCUT2D eigenvalue weighted by Crippen LogP contribution is 2.27. The molecule has 0 amide bonds. The van der Waals surface area contributed by atoms with E-state index >= 15 is 0 Å². The Hall–Kier alpha value is -4.46. The standard InChI is InChI=1S/C26H30FN9O4/c27-19-13-18(40-16-22(37)38)5-6-20(19)34-10-8-33(9-11-34)14-17-3-1-7-35(15-17)25-30-24(28)36-26(31-25)29-23(32-36)21-4-2-12-39-21/h2,4-6,12-13,17H,1,3,7-11,14-16H2,(H,37,38)(H2,28,29,30,31,32)/t17-/m0/s1. The van der Waals surface area contributed by atoms with Crippen LogP contribution in [0, 0.1) is 11.7 Å². The predicted molar refractivity (Wildman–Crippen MR) is 144 cm³/mol. The highest BCUT2D eigenvalue weighted by molar-refractivity contribution is 5.68. The number of piperidine rings is 1. The molecule has 3 N–H and O–H groups in total. The summed E-state index contributed by atoms with van der Waals surface area (Å²) in [6, 6.07) is 8.04. The molecular formula is C26H30FN9O4. The highest BCUT2D eigenvalue weighted by atomic mass is 19.1. The number of nitrogens with two attached hydrogens (primary N) is 1. The molecule has 5 heterocycles. The van der Waals surface area contributed by atoms with Gasteiger partial charge in [0.05, 0.1) is 12.0 Å². The summed E-state index contributed by atoms with van der Waals surface area (Å²) in [4.78, 5) is 30.9. The van der Waals surface area contributed by atoms with Crippen LogP contribution < -0.4 is 20.3 Å². The summed E-state index contributed by atoms with van der Waals surface area (Å²) in [6.45, 7) is 5.10. The minimum atomic E-state index is -1.10. The maximum atomic E-state index is 14.7. The molecule has 2 aliphatic heterocycles. The molecule has 2 aliphatic rings. The van der Waals surface area contributed by atoms with E-state index in [1.54, 1.807) is 30.5 Å². The fourth-order valence-electron chi connectivity index (χ4n) is 5.36. The zero-order valence-electron chi connectivity index (χ0n) is 21.8. The molecule has 6 rings (SSSR count). The Morgan fingerprint density at radius 2 is 1.98 bits per heavy atom. The molecule has 40 heavy (non-hydrogen) atoms. The predicted octanol–water partition coefficient (Wildman–Crippen LogP) is 2.00. The van der Waals surface area contributed by atoms with Crippen molar-refractivity contribution in [3.8, 4) is 17.3 Å². The number of benzene rings is 1. The number of rotatable bonds is 8. The molecule has 2 saturated heterocycles. The lowest BCUT2D eigenvalue weighted by atomic mass is 9.97. The number of carboxylic acid groups (broad SMARTS) is 1. The molecule has 210 valence electrons. The van der Waals surface area contributed by atoms with Crippen LogP contribution in [-0.4, -0.2) is 93.0 Å². The van der Waals surface area contributed by atoms with Gasteiger partial charge >= 0.3 is 5.97 Å². The Balaban J connectivity index is 1.05. The van der Waals surface area contributed by atoms with Gasteiger partial charge in [0, 0.05) is 51.9 Å². The first-order valence-corrected chi connectivity index (χ1v) is 13.2. The largest absolute Gasteiger partial charge is 0.482 e. The molecule has 13 nitrogen and oxygen atoms in total. The molecule has 0 aliphatic carbocycles. The van der Waals surface area contributed by atoms with Crippen molar-refractivity contribution >= 4 is 29.3 Å². The van der Waals surface area contributed by atoms with Crippen LogP contribution >= 0.6 is 0 Å². The van der Waals surface area contributed by atoms with Gasteiger partial charge in [-0.05, 0) is 43.0 Å². The van der Waals surface area contributed by atoms with Gasteiger partial charge < -0.3 is 29.8 Å². The van der Waals surface area contributed by atoms with Gasteiger partial charge in [0.15, 0.2) is 12.4 Å². The second-order valence-corrected chi connectivity index (χ2v) is 10.0. The van der Waals surface area contributed by atoms with E-state index in [9.17, 15) is 9.18 Å². The topological polar surface area (TPSA) is 151 Å². The lowest BCUT2D eigenvalue weighted by molar-refractivity contribution is -0.139. The van der Waals surface area contributed by atoms with Crippen LogP contribution in [0.25, 0.3) is 17.4 Å². The van der Waals surface area contributed by atoms with E-state index in [0.717, 1.165) is 45.6 Å². The molecule has 0 spiro atoms.